The van der Waals surface area contributed by atoms with Gasteiger partial charge in [-0.2, -0.15) is 0 Å². The molecule has 4 N–H and O–H groups in total. The lowest BCUT2D eigenvalue weighted by Crippen LogP contribution is -2.48. The topological polar surface area (TPSA) is 89.4 Å². The molecule has 18 heavy (non-hydrogen) atoms. The minimum absolute atomic E-state index is 0.0492. The molecule has 0 radical (unpaired) electrons. The van der Waals surface area contributed by atoms with Crippen molar-refractivity contribution in [3.63, 3.8) is 0 Å². The standard InChI is InChI=1S/C13H23N3O2/c1-9(2)12(17)11-6-4-8-16(11)13(18)10(15)5-3-7-14/h10-11H,1,3-8,14-15H2,2H3/t10-,11+/m1/s1. The van der Waals surface area contributed by atoms with Crippen molar-refractivity contribution in [3.8, 4) is 0 Å². The number of carbonyl (C=O) groups excluding carboxylic acids is 2. The van der Waals surface area contributed by atoms with Gasteiger partial charge in [0.2, 0.25) is 5.91 Å². The molecule has 0 aromatic carbocycles. The quantitative estimate of drug-likeness (QED) is 0.661. The molecule has 5 heteroatoms. The number of nitrogens with two attached hydrogens (primary N) is 2. The first-order chi connectivity index (χ1) is 8.49. The van der Waals surface area contributed by atoms with Gasteiger partial charge >= 0.3 is 0 Å². The highest BCUT2D eigenvalue weighted by Crippen LogP contribution is 2.21. The normalized spacial score (nSPS) is 20.8. The summed E-state index contributed by atoms with van der Waals surface area (Å²) in [6.07, 6.45) is 2.85. The van der Waals surface area contributed by atoms with E-state index >= 15 is 0 Å². The van der Waals surface area contributed by atoms with Crippen LogP contribution in [0.15, 0.2) is 12.2 Å². The van der Waals surface area contributed by atoms with Crippen molar-refractivity contribution in [1.82, 2.24) is 4.90 Å². The average Bonchev–Trinajstić information content (AvgIpc) is 2.82. The molecule has 1 rings (SSSR count). The molecule has 0 bridgehead atoms. The van der Waals surface area contributed by atoms with E-state index in [4.69, 9.17) is 11.5 Å². The van der Waals surface area contributed by atoms with Crippen molar-refractivity contribution >= 4 is 11.7 Å². The Balaban J connectivity index is 2.66. The fourth-order valence-corrected chi connectivity index (χ4v) is 2.26. The Morgan fingerprint density at radius 3 is 2.72 bits per heavy atom. The third-order valence-corrected chi connectivity index (χ3v) is 3.30. The third kappa shape index (κ3) is 3.40. The zero-order valence-corrected chi connectivity index (χ0v) is 11.0. The molecule has 1 aliphatic rings. The minimum atomic E-state index is -0.549. The number of hydrogen-bond donors (Lipinski definition) is 2. The molecule has 0 aromatic heterocycles. The third-order valence-electron chi connectivity index (χ3n) is 3.30. The first kappa shape index (κ1) is 14.9. The summed E-state index contributed by atoms with van der Waals surface area (Å²) in [7, 11) is 0. The molecular formula is C13H23N3O2. The highest BCUT2D eigenvalue weighted by molar-refractivity contribution is 6.01. The summed E-state index contributed by atoms with van der Waals surface area (Å²) >= 11 is 0. The first-order valence-corrected chi connectivity index (χ1v) is 6.45. The Bertz CT molecular complexity index is 341. The SMILES string of the molecule is C=C(C)C(=O)[C@@H]1CCCN1C(=O)[C@H](N)CCCN. The molecule has 5 nitrogen and oxygen atoms in total. The summed E-state index contributed by atoms with van der Waals surface area (Å²) in [5.74, 6) is -0.188. The Morgan fingerprint density at radius 1 is 1.50 bits per heavy atom. The number of hydrogen-bond acceptors (Lipinski definition) is 4. The maximum absolute atomic E-state index is 12.2. The number of nitrogens with zero attached hydrogens (tertiary/aromatic N) is 1. The molecule has 1 aliphatic heterocycles. The fraction of sp³-hybridized carbons (Fsp3) is 0.692. The molecule has 1 heterocycles. The number of amides is 1. The summed E-state index contributed by atoms with van der Waals surface area (Å²) in [6.45, 7) is 6.46. The van der Waals surface area contributed by atoms with Gasteiger partial charge in [-0.05, 0) is 44.7 Å². The predicted octanol–water partition coefficient (Wildman–Crippen LogP) is 0.189. The van der Waals surface area contributed by atoms with Crippen molar-refractivity contribution < 1.29 is 9.59 Å². The van der Waals surface area contributed by atoms with Gasteiger partial charge < -0.3 is 16.4 Å². The molecule has 2 atom stereocenters. The molecule has 1 amide bonds. The predicted molar refractivity (Wildman–Crippen MR) is 70.8 cm³/mol. The molecular weight excluding hydrogens is 230 g/mol. The highest BCUT2D eigenvalue weighted by atomic mass is 16.2. The maximum atomic E-state index is 12.2. The molecule has 0 saturated carbocycles. The molecule has 0 aliphatic carbocycles. The van der Waals surface area contributed by atoms with Gasteiger partial charge in [0.1, 0.15) is 0 Å². The van der Waals surface area contributed by atoms with E-state index in [-0.39, 0.29) is 17.7 Å². The van der Waals surface area contributed by atoms with Gasteiger partial charge in [-0.3, -0.25) is 9.59 Å². The van der Waals surface area contributed by atoms with Crippen LogP contribution >= 0.6 is 0 Å². The zero-order valence-electron chi connectivity index (χ0n) is 11.0. The van der Waals surface area contributed by atoms with Crippen LogP contribution in [0, 0.1) is 0 Å². The summed E-state index contributed by atoms with van der Waals surface area (Å²) in [6, 6.07) is -0.911. The van der Waals surface area contributed by atoms with E-state index in [2.05, 4.69) is 6.58 Å². The molecule has 0 spiro atoms. The molecule has 1 saturated heterocycles. The Labute approximate surface area is 108 Å². The Morgan fingerprint density at radius 2 is 2.17 bits per heavy atom. The van der Waals surface area contributed by atoms with E-state index in [1.54, 1.807) is 11.8 Å². The molecule has 1 fully saturated rings. The van der Waals surface area contributed by atoms with Crippen LogP contribution in [0.3, 0.4) is 0 Å². The van der Waals surface area contributed by atoms with Crippen LogP contribution in [0.1, 0.15) is 32.6 Å². The summed E-state index contributed by atoms with van der Waals surface area (Å²) in [4.78, 5) is 25.7. The second kappa shape index (κ2) is 6.66. The lowest BCUT2D eigenvalue weighted by Gasteiger charge is -2.26. The van der Waals surface area contributed by atoms with E-state index in [1.807, 2.05) is 0 Å². The number of ketones is 1. The van der Waals surface area contributed by atoms with E-state index in [9.17, 15) is 9.59 Å². The van der Waals surface area contributed by atoms with Crippen LogP contribution in [0.5, 0.6) is 0 Å². The van der Waals surface area contributed by atoms with Crippen LogP contribution in [-0.2, 0) is 9.59 Å². The molecule has 102 valence electrons. The number of Topliss-reactive ketones (excluding diaryl/α,β-unsaturated/α-hetero) is 1. The maximum Gasteiger partial charge on any atom is 0.240 e. The Kier molecular flexibility index (Phi) is 5.50. The average molecular weight is 253 g/mol. The number of rotatable bonds is 6. The lowest BCUT2D eigenvalue weighted by atomic mass is 10.0. The Hall–Kier alpha value is -1.20. The first-order valence-electron chi connectivity index (χ1n) is 6.45. The minimum Gasteiger partial charge on any atom is -0.331 e. The lowest BCUT2D eigenvalue weighted by molar-refractivity contribution is -0.137. The zero-order chi connectivity index (χ0) is 13.7. The summed E-state index contributed by atoms with van der Waals surface area (Å²) in [5.41, 5.74) is 11.7. The monoisotopic (exact) mass is 253 g/mol. The largest absolute Gasteiger partial charge is 0.331 e. The van der Waals surface area contributed by atoms with Crippen LogP contribution < -0.4 is 11.5 Å². The van der Waals surface area contributed by atoms with Gasteiger partial charge in [0.15, 0.2) is 5.78 Å². The smallest absolute Gasteiger partial charge is 0.240 e. The van der Waals surface area contributed by atoms with Gasteiger partial charge in [-0.15, -0.1) is 0 Å². The van der Waals surface area contributed by atoms with Gasteiger partial charge in [0.05, 0.1) is 12.1 Å². The van der Waals surface area contributed by atoms with Crippen molar-refractivity contribution in [1.29, 1.82) is 0 Å². The van der Waals surface area contributed by atoms with Crippen molar-refractivity contribution in [2.45, 2.75) is 44.7 Å². The van der Waals surface area contributed by atoms with E-state index in [0.717, 1.165) is 12.8 Å². The fourth-order valence-electron chi connectivity index (χ4n) is 2.26. The van der Waals surface area contributed by atoms with Crippen LogP contribution in [0.4, 0.5) is 0 Å². The van der Waals surface area contributed by atoms with Crippen molar-refractivity contribution in [3.05, 3.63) is 12.2 Å². The molecule has 0 unspecified atom stereocenters. The van der Waals surface area contributed by atoms with Crippen molar-refractivity contribution in [2.75, 3.05) is 13.1 Å². The number of carbonyl (C=O) groups is 2. The van der Waals surface area contributed by atoms with Crippen LogP contribution in [0.25, 0.3) is 0 Å². The van der Waals surface area contributed by atoms with Gasteiger partial charge in [-0.1, -0.05) is 6.58 Å². The van der Waals surface area contributed by atoms with E-state index < -0.39 is 6.04 Å². The number of likely N-dealkylation sites (tertiary alicyclic amines) is 1. The van der Waals surface area contributed by atoms with Gasteiger partial charge in [0.25, 0.3) is 0 Å². The van der Waals surface area contributed by atoms with E-state index in [1.165, 1.54) is 0 Å². The molecule has 0 aromatic rings. The van der Waals surface area contributed by atoms with Crippen LogP contribution in [0.2, 0.25) is 0 Å². The second-order valence-electron chi connectivity index (χ2n) is 4.87. The van der Waals surface area contributed by atoms with Crippen LogP contribution in [-0.4, -0.2) is 41.8 Å². The summed E-state index contributed by atoms with van der Waals surface area (Å²) < 4.78 is 0. The van der Waals surface area contributed by atoms with Gasteiger partial charge in [0, 0.05) is 6.54 Å². The summed E-state index contributed by atoms with van der Waals surface area (Å²) in [5, 5.41) is 0. The van der Waals surface area contributed by atoms with Crippen molar-refractivity contribution in [2.24, 2.45) is 11.5 Å². The van der Waals surface area contributed by atoms with Gasteiger partial charge in [-0.25, -0.2) is 0 Å². The second-order valence-corrected chi connectivity index (χ2v) is 4.87. The highest BCUT2D eigenvalue weighted by Gasteiger charge is 2.35. The van der Waals surface area contributed by atoms with E-state index in [0.29, 0.717) is 31.5 Å².